The molecule has 1 atom stereocenters. The van der Waals surface area contributed by atoms with Crippen molar-refractivity contribution in [2.45, 2.75) is 38.8 Å². The number of aromatic nitrogens is 2. The first-order chi connectivity index (χ1) is 9.97. The van der Waals surface area contributed by atoms with E-state index in [1.807, 2.05) is 19.2 Å². The van der Waals surface area contributed by atoms with Crippen LogP contribution in [0.2, 0.25) is 0 Å². The van der Waals surface area contributed by atoms with Crippen LogP contribution in [0.15, 0.2) is 35.0 Å². The topological polar surface area (TPSA) is 80.3 Å². The number of aryl methyl sites for hydroxylation is 2. The molecule has 6 nitrogen and oxygen atoms in total. The van der Waals surface area contributed by atoms with Crippen LogP contribution in [0.25, 0.3) is 0 Å². The molecule has 114 valence electrons. The van der Waals surface area contributed by atoms with Gasteiger partial charge in [0.1, 0.15) is 17.1 Å². The maximum absolute atomic E-state index is 11.8. The van der Waals surface area contributed by atoms with Crippen molar-refractivity contribution in [1.82, 2.24) is 15.1 Å². The van der Waals surface area contributed by atoms with Crippen LogP contribution >= 0.6 is 0 Å². The van der Waals surface area contributed by atoms with E-state index in [1.54, 1.807) is 29.9 Å². The number of nitrogens with zero attached hydrogens (tertiary/aromatic N) is 2. The van der Waals surface area contributed by atoms with E-state index in [2.05, 4.69) is 10.4 Å². The molecular weight excluding hydrogens is 270 g/mol. The SMILES string of the molecule is Cc1ccc(C(C)(O)CNC(=O)CCCn2cccn2)o1. The van der Waals surface area contributed by atoms with Crippen molar-refractivity contribution in [2.24, 2.45) is 0 Å². The minimum atomic E-state index is -1.20. The summed E-state index contributed by atoms with van der Waals surface area (Å²) in [5.74, 6) is 1.10. The van der Waals surface area contributed by atoms with Gasteiger partial charge in [-0.25, -0.2) is 0 Å². The van der Waals surface area contributed by atoms with E-state index in [0.29, 0.717) is 25.1 Å². The molecule has 0 aromatic carbocycles. The Labute approximate surface area is 123 Å². The van der Waals surface area contributed by atoms with Gasteiger partial charge in [0.15, 0.2) is 0 Å². The fourth-order valence-electron chi connectivity index (χ4n) is 2.00. The van der Waals surface area contributed by atoms with E-state index < -0.39 is 5.60 Å². The Morgan fingerprint density at radius 3 is 2.95 bits per heavy atom. The minimum Gasteiger partial charge on any atom is -0.463 e. The predicted octanol–water partition coefficient (Wildman–Crippen LogP) is 1.59. The zero-order valence-electron chi connectivity index (χ0n) is 12.4. The normalized spacial score (nSPS) is 13.9. The second kappa shape index (κ2) is 6.58. The van der Waals surface area contributed by atoms with Crippen molar-refractivity contribution in [3.8, 4) is 0 Å². The third kappa shape index (κ3) is 4.46. The van der Waals surface area contributed by atoms with Gasteiger partial charge >= 0.3 is 0 Å². The second-order valence-corrected chi connectivity index (χ2v) is 5.33. The van der Waals surface area contributed by atoms with Gasteiger partial charge in [-0.3, -0.25) is 9.48 Å². The van der Waals surface area contributed by atoms with E-state index in [4.69, 9.17) is 4.42 Å². The first-order valence-electron chi connectivity index (χ1n) is 7.01. The molecule has 0 aliphatic rings. The fraction of sp³-hybridized carbons (Fsp3) is 0.467. The Balaban J connectivity index is 1.73. The number of rotatable bonds is 7. The number of aliphatic hydroxyl groups is 1. The predicted molar refractivity (Wildman–Crippen MR) is 77.5 cm³/mol. The van der Waals surface area contributed by atoms with Crippen LogP contribution < -0.4 is 5.32 Å². The molecule has 0 fully saturated rings. The Morgan fingerprint density at radius 1 is 1.52 bits per heavy atom. The van der Waals surface area contributed by atoms with Crippen molar-refractivity contribution >= 4 is 5.91 Å². The van der Waals surface area contributed by atoms with Crippen LogP contribution in [0.3, 0.4) is 0 Å². The van der Waals surface area contributed by atoms with Crippen LogP contribution in [0, 0.1) is 6.92 Å². The molecular formula is C15H21N3O3. The molecule has 2 rings (SSSR count). The Kier molecular flexibility index (Phi) is 4.80. The highest BCUT2D eigenvalue weighted by Gasteiger charge is 2.27. The number of furan rings is 1. The summed E-state index contributed by atoms with van der Waals surface area (Å²) in [5, 5.41) is 17.1. The second-order valence-electron chi connectivity index (χ2n) is 5.33. The molecule has 2 aromatic rings. The van der Waals surface area contributed by atoms with E-state index in [9.17, 15) is 9.90 Å². The molecule has 0 saturated heterocycles. The summed E-state index contributed by atoms with van der Waals surface area (Å²) in [5.41, 5.74) is -1.20. The van der Waals surface area contributed by atoms with Gasteiger partial charge in [0.05, 0.1) is 6.54 Å². The molecule has 2 aromatic heterocycles. The number of carbonyl (C=O) groups is 1. The van der Waals surface area contributed by atoms with E-state index in [1.165, 1.54) is 0 Å². The Bertz CT molecular complexity index is 573. The quantitative estimate of drug-likeness (QED) is 0.812. The summed E-state index contributed by atoms with van der Waals surface area (Å²) in [6, 6.07) is 5.36. The molecule has 0 aliphatic carbocycles. The summed E-state index contributed by atoms with van der Waals surface area (Å²) < 4.78 is 7.18. The molecule has 1 amide bonds. The van der Waals surface area contributed by atoms with Gasteiger partial charge < -0.3 is 14.8 Å². The van der Waals surface area contributed by atoms with Crippen molar-refractivity contribution < 1.29 is 14.3 Å². The van der Waals surface area contributed by atoms with Crippen molar-refractivity contribution in [1.29, 1.82) is 0 Å². The molecule has 1 unspecified atom stereocenters. The molecule has 0 aliphatic heterocycles. The molecule has 0 spiro atoms. The van der Waals surface area contributed by atoms with Crippen LogP contribution in [0.5, 0.6) is 0 Å². The average Bonchev–Trinajstić information content (AvgIpc) is 3.08. The Morgan fingerprint density at radius 2 is 2.33 bits per heavy atom. The first-order valence-corrected chi connectivity index (χ1v) is 7.01. The lowest BCUT2D eigenvalue weighted by Gasteiger charge is -2.21. The highest BCUT2D eigenvalue weighted by atomic mass is 16.4. The third-order valence-corrected chi connectivity index (χ3v) is 3.25. The number of amides is 1. The molecule has 2 N–H and O–H groups in total. The largest absolute Gasteiger partial charge is 0.463 e. The summed E-state index contributed by atoms with van der Waals surface area (Å²) in [6.45, 7) is 4.26. The van der Waals surface area contributed by atoms with Gasteiger partial charge in [-0.1, -0.05) is 0 Å². The molecule has 0 bridgehead atoms. The average molecular weight is 291 g/mol. The third-order valence-electron chi connectivity index (χ3n) is 3.25. The highest BCUT2D eigenvalue weighted by Crippen LogP contribution is 2.21. The molecule has 6 heteroatoms. The van der Waals surface area contributed by atoms with Crippen molar-refractivity contribution in [3.63, 3.8) is 0 Å². The zero-order valence-corrected chi connectivity index (χ0v) is 12.4. The van der Waals surface area contributed by atoms with Gasteiger partial charge in [-0.15, -0.1) is 0 Å². The van der Waals surface area contributed by atoms with Gasteiger partial charge in [0, 0.05) is 25.4 Å². The first kappa shape index (κ1) is 15.3. The summed E-state index contributed by atoms with van der Waals surface area (Å²) in [6.07, 6.45) is 4.67. The standard InChI is InChI=1S/C15H21N3O3/c1-12-6-7-13(21-12)15(2,20)11-16-14(19)5-3-9-18-10-4-8-17-18/h4,6-8,10,20H,3,5,9,11H2,1-2H3,(H,16,19). The smallest absolute Gasteiger partial charge is 0.220 e. The molecule has 0 radical (unpaired) electrons. The van der Waals surface area contributed by atoms with Crippen LogP contribution in [0.4, 0.5) is 0 Å². The zero-order chi connectivity index (χ0) is 15.3. The van der Waals surface area contributed by atoms with Crippen molar-refractivity contribution in [2.75, 3.05) is 6.54 Å². The maximum Gasteiger partial charge on any atom is 0.220 e. The minimum absolute atomic E-state index is 0.0919. The molecule has 0 saturated carbocycles. The van der Waals surface area contributed by atoms with Gasteiger partial charge in [0.25, 0.3) is 0 Å². The van der Waals surface area contributed by atoms with Gasteiger partial charge in [-0.2, -0.15) is 5.10 Å². The molecule has 2 heterocycles. The van der Waals surface area contributed by atoms with Gasteiger partial charge in [0.2, 0.25) is 5.91 Å². The number of hydrogen-bond donors (Lipinski definition) is 2. The Hall–Kier alpha value is -2.08. The number of carbonyl (C=O) groups excluding carboxylic acids is 1. The summed E-state index contributed by atoms with van der Waals surface area (Å²) in [7, 11) is 0. The van der Waals surface area contributed by atoms with Crippen LogP contribution in [-0.4, -0.2) is 27.3 Å². The number of nitrogens with one attached hydrogen (secondary N) is 1. The van der Waals surface area contributed by atoms with Gasteiger partial charge in [-0.05, 0) is 38.5 Å². The maximum atomic E-state index is 11.8. The summed E-state index contributed by atoms with van der Waals surface area (Å²) in [4.78, 5) is 11.8. The van der Waals surface area contributed by atoms with E-state index in [0.717, 1.165) is 5.76 Å². The van der Waals surface area contributed by atoms with Crippen LogP contribution in [0.1, 0.15) is 31.3 Å². The lowest BCUT2D eigenvalue weighted by molar-refractivity contribution is -0.122. The fourth-order valence-corrected chi connectivity index (χ4v) is 2.00. The van der Waals surface area contributed by atoms with E-state index in [-0.39, 0.29) is 12.5 Å². The lowest BCUT2D eigenvalue weighted by Crippen LogP contribution is -2.38. The number of hydrogen-bond acceptors (Lipinski definition) is 4. The van der Waals surface area contributed by atoms with Crippen molar-refractivity contribution in [3.05, 3.63) is 42.1 Å². The molecule has 21 heavy (non-hydrogen) atoms. The highest BCUT2D eigenvalue weighted by molar-refractivity contribution is 5.75. The summed E-state index contributed by atoms with van der Waals surface area (Å²) >= 11 is 0. The van der Waals surface area contributed by atoms with Crippen LogP contribution in [-0.2, 0) is 16.9 Å². The van der Waals surface area contributed by atoms with E-state index >= 15 is 0 Å². The monoisotopic (exact) mass is 291 g/mol. The lowest BCUT2D eigenvalue weighted by atomic mass is 10.0.